The van der Waals surface area contributed by atoms with E-state index in [0.717, 1.165) is 0 Å². The molecule has 0 N–H and O–H groups in total. The number of hydrogen-bond acceptors (Lipinski definition) is 4. The molecule has 0 atom stereocenters. The summed E-state index contributed by atoms with van der Waals surface area (Å²) in [6, 6.07) is 6.83. The maximum absolute atomic E-state index is 8.43. The molecule has 0 aliphatic heterocycles. The fourth-order valence-electron chi connectivity index (χ4n) is 0.802. The SMILES string of the molecule is N#CC(C#N)N=Nc1cc(Cl)cc(Cl)c1. The van der Waals surface area contributed by atoms with E-state index >= 15 is 0 Å². The van der Waals surface area contributed by atoms with Gasteiger partial charge < -0.3 is 0 Å². The van der Waals surface area contributed by atoms with E-state index in [-0.39, 0.29) is 0 Å². The van der Waals surface area contributed by atoms with Crippen LogP contribution in [0.5, 0.6) is 0 Å². The van der Waals surface area contributed by atoms with Crippen LogP contribution in [0.3, 0.4) is 0 Å². The Morgan fingerprint density at radius 2 is 1.60 bits per heavy atom. The number of rotatable bonds is 2. The Morgan fingerprint density at radius 1 is 1.07 bits per heavy atom. The van der Waals surface area contributed by atoms with Crippen molar-refractivity contribution in [1.29, 1.82) is 10.5 Å². The maximum atomic E-state index is 8.43. The predicted molar refractivity (Wildman–Crippen MR) is 56.0 cm³/mol. The van der Waals surface area contributed by atoms with Crippen LogP contribution in [0.15, 0.2) is 28.4 Å². The van der Waals surface area contributed by atoms with Gasteiger partial charge in [0.1, 0.15) is 12.1 Å². The van der Waals surface area contributed by atoms with Gasteiger partial charge in [-0.2, -0.15) is 20.8 Å². The van der Waals surface area contributed by atoms with Crippen molar-refractivity contribution in [3.8, 4) is 12.1 Å². The van der Waals surface area contributed by atoms with Gasteiger partial charge in [0.25, 0.3) is 0 Å². The third kappa shape index (κ3) is 3.55. The second kappa shape index (κ2) is 5.31. The molecule has 74 valence electrons. The normalized spacial score (nSPS) is 10.2. The van der Waals surface area contributed by atoms with Crippen molar-refractivity contribution < 1.29 is 0 Å². The van der Waals surface area contributed by atoms with Gasteiger partial charge in [-0.15, -0.1) is 0 Å². The van der Waals surface area contributed by atoms with Crippen LogP contribution >= 0.6 is 23.2 Å². The lowest BCUT2D eigenvalue weighted by atomic mass is 10.3. The summed E-state index contributed by atoms with van der Waals surface area (Å²) in [6.45, 7) is 0. The van der Waals surface area contributed by atoms with Crippen LogP contribution in [-0.4, -0.2) is 6.04 Å². The Kier molecular flexibility index (Phi) is 4.05. The van der Waals surface area contributed by atoms with E-state index in [4.69, 9.17) is 33.7 Å². The lowest BCUT2D eigenvalue weighted by Gasteiger charge is -1.95. The van der Waals surface area contributed by atoms with E-state index in [1.807, 2.05) is 0 Å². The Labute approximate surface area is 96.4 Å². The van der Waals surface area contributed by atoms with Crippen molar-refractivity contribution in [3.05, 3.63) is 28.2 Å². The van der Waals surface area contributed by atoms with Crippen LogP contribution in [-0.2, 0) is 0 Å². The minimum atomic E-state index is -1.11. The second-order valence-corrected chi connectivity index (χ2v) is 3.38. The van der Waals surface area contributed by atoms with Crippen molar-refractivity contribution in [2.75, 3.05) is 0 Å². The molecule has 0 saturated carbocycles. The fraction of sp³-hybridized carbons (Fsp3) is 0.111. The average molecular weight is 239 g/mol. The minimum Gasteiger partial charge on any atom is -0.195 e. The number of azo groups is 1. The zero-order valence-corrected chi connectivity index (χ0v) is 8.87. The molecule has 0 aromatic heterocycles. The maximum Gasteiger partial charge on any atom is 0.242 e. The Bertz CT molecular complexity index is 436. The Balaban J connectivity index is 2.91. The molecule has 1 aromatic carbocycles. The molecule has 0 heterocycles. The molecule has 0 unspecified atom stereocenters. The van der Waals surface area contributed by atoms with Gasteiger partial charge in [0.2, 0.25) is 6.04 Å². The Hall–Kier alpha value is -1.62. The molecular formula is C9H4Cl2N4. The predicted octanol–water partition coefficient (Wildman–Crippen LogP) is 3.49. The molecule has 15 heavy (non-hydrogen) atoms. The third-order valence-corrected chi connectivity index (χ3v) is 1.82. The molecule has 0 bridgehead atoms. The second-order valence-electron chi connectivity index (χ2n) is 2.50. The van der Waals surface area contributed by atoms with Crippen molar-refractivity contribution in [3.63, 3.8) is 0 Å². The van der Waals surface area contributed by atoms with Crippen molar-refractivity contribution in [2.45, 2.75) is 6.04 Å². The van der Waals surface area contributed by atoms with Gasteiger partial charge >= 0.3 is 0 Å². The summed E-state index contributed by atoms with van der Waals surface area (Å²) in [6.07, 6.45) is 0. The van der Waals surface area contributed by atoms with E-state index in [1.54, 1.807) is 18.2 Å². The lowest BCUT2D eigenvalue weighted by molar-refractivity contribution is 0.949. The van der Waals surface area contributed by atoms with Crippen LogP contribution in [0.2, 0.25) is 10.0 Å². The first kappa shape index (κ1) is 11.5. The van der Waals surface area contributed by atoms with E-state index in [1.165, 1.54) is 12.1 Å². The molecule has 0 amide bonds. The van der Waals surface area contributed by atoms with E-state index in [0.29, 0.717) is 15.7 Å². The molecule has 4 nitrogen and oxygen atoms in total. The summed E-state index contributed by atoms with van der Waals surface area (Å²) in [5.41, 5.74) is 0.406. The van der Waals surface area contributed by atoms with E-state index in [9.17, 15) is 0 Å². The fourth-order valence-corrected chi connectivity index (χ4v) is 1.32. The van der Waals surface area contributed by atoms with E-state index in [2.05, 4.69) is 10.2 Å². The monoisotopic (exact) mass is 238 g/mol. The first-order valence-corrected chi connectivity index (χ1v) is 4.57. The van der Waals surface area contributed by atoms with Crippen LogP contribution in [0, 0.1) is 22.7 Å². The standard InChI is InChI=1S/C9H4Cl2N4/c10-6-1-7(11)3-8(2-6)14-15-9(4-12)5-13/h1-3,9H. The van der Waals surface area contributed by atoms with Gasteiger partial charge in [-0.25, -0.2) is 0 Å². The number of halogens is 2. The molecule has 0 aliphatic carbocycles. The Morgan fingerprint density at radius 3 is 2.07 bits per heavy atom. The summed E-state index contributed by atoms with van der Waals surface area (Å²) >= 11 is 11.4. The summed E-state index contributed by atoms with van der Waals surface area (Å²) in [7, 11) is 0. The molecule has 0 saturated heterocycles. The zero-order valence-electron chi connectivity index (χ0n) is 7.35. The van der Waals surface area contributed by atoms with Crippen molar-refractivity contribution in [1.82, 2.24) is 0 Å². The van der Waals surface area contributed by atoms with Crippen LogP contribution < -0.4 is 0 Å². The minimum absolute atomic E-state index is 0.406. The largest absolute Gasteiger partial charge is 0.242 e. The topological polar surface area (TPSA) is 72.3 Å². The molecule has 1 aromatic rings. The highest BCUT2D eigenvalue weighted by atomic mass is 35.5. The average Bonchev–Trinajstić information content (AvgIpc) is 2.18. The quantitative estimate of drug-likeness (QED) is 0.740. The molecule has 6 heteroatoms. The first-order chi connectivity index (χ1) is 7.15. The molecule has 0 aliphatic rings. The zero-order chi connectivity index (χ0) is 11.3. The highest BCUT2D eigenvalue weighted by molar-refractivity contribution is 6.35. The molecule has 1 rings (SSSR count). The van der Waals surface area contributed by atoms with Crippen LogP contribution in [0.1, 0.15) is 0 Å². The molecule has 0 spiro atoms. The van der Waals surface area contributed by atoms with Crippen LogP contribution in [0.25, 0.3) is 0 Å². The first-order valence-electron chi connectivity index (χ1n) is 3.82. The summed E-state index contributed by atoms with van der Waals surface area (Å²) in [4.78, 5) is 0. The smallest absolute Gasteiger partial charge is 0.195 e. The number of nitriles is 2. The molecule has 0 radical (unpaired) electrons. The molecule has 0 fully saturated rings. The van der Waals surface area contributed by atoms with Crippen molar-refractivity contribution >= 4 is 28.9 Å². The highest BCUT2D eigenvalue weighted by Crippen LogP contribution is 2.24. The number of benzene rings is 1. The summed E-state index contributed by atoms with van der Waals surface area (Å²) < 4.78 is 0. The summed E-state index contributed by atoms with van der Waals surface area (Å²) in [5, 5.41) is 24.9. The van der Waals surface area contributed by atoms with Gasteiger partial charge in [-0.3, -0.25) is 0 Å². The number of nitrogens with zero attached hydrogens (tertiary/aromatic N) is 4. The van der Waals surface area contributed by atoms with Gasteiger partial charge in [-0.1, -0.05) is 23.2 Å². The molecular weight excluding hydrogens is 235 g/mol. The lowest BCUT2D eigenvalue weighted by Crippen LogP contribution is -1.92. The van der Waals surface area contributed by atoms with E-state index < -0.39 is 6.04 Å². The number of hydrogen-bond donors (Lipinski definition) is 0. The third-order valence-electron chi connectivity index (χ3n) is 1.38. The van der Waals surface area contributed by atoms with Gasteiger partial charge in [0.15, 0.2) is 0 Å². The van der Waals surface area contributed by atoms with Gasteiger partial charge in [-0.05, 0) is 18.2 Å². The summed E-state index contributed by atoms with van der Waals surface area (Å²) in [5.74, 6) is 0. The van der Waals surface area contributed by atoms with Gasteiger partial charge in [0, 0.05) is 10.0 Å². The van der Waals surface area contributed by atoms with Crippen LogP contribution in [0.4, 0.5) is 5.69 Å². The van der Waals surface area contributed by atoms with Gasteiger partial charge in [0.05, 0.1) is 5.69 Å². The van der Waals surface area contributed by atoms with Crippen molar-refractivity contribution in [2.24, 2.45) is 10.2 Å². The highest BCUT2D eigenvalue weighted by Gasteiger charge is 2.01.